The van der Waals surface area contributed by atoms with Crippen LogP contribution in [-0.2, 0) is 4.79 Å². The van der Waals surface area contributed by atoms with Crippen LogP contribution in [0.5, 0.6) is 5.75 Å². The fourth-order valence-electron chi connectivity index (χ4n) is 2.61. The molecule has 0 saturated heterocycles. The van der Waals surface area contributed by atoms with E-state index < -0.39 is 5.41 Å². The Morgan fingerprint density at radius 3 is 2.33 bits per heavy atom. The molecule has 0 aliphatic heterocycles. The molecule has 0 bridgehead atoms. The molecule has 1 N–H and O–H groups in total. The summed E-state index contributed by atoms with van der Waals surface area (Å²) in [7, 11) is 1.63. The highest BCUT2D eigenvalue weighted by Gasteiger charge is 2.21. The van der Waals surface area contributed by atoms with Crippen molar-refractivity contribution in [3.05, 3.63) is 66.5 Å². The molecule has 0 unspecified atom stereocenters. The smallest absolute Gasteiger partial charge is 0.229 e. The van der Waals surface area contributed by atoms with Gasteiger partial charge in [0.1, 0.15) is 5.75 Å². The summed E-state index contributed by atoms with van der Waals surface area (Å²) < 4.78 is 7.13. The van der Waals surface area contributed by atoms with Crippen molar-refractivity contribution in [2.75, 3.05) is 18.2 Å². The number of anilines is 1. The number of carbonyl (C=O) groups is 2. The molecule has 3 rings (SSSR count). The predicted molar refractivity (Wildman–Crippen MR) is 120 cm³/mol. The molecule has 156 valence electrons. The number of methoxy groups -OCH3 is 1. The number of carbonyl (C=O) groups excluding carboxylic acids is 2. The minimum atomic E-state index is -0.475. The number of ketones is 1. The van der Waals surface area contributed by atoms with Gasteiger partial charge in [-0.2, -0.15) is 0 Å². The van der Waals surface area contributed by atoms with Gasteiger partial charge in [-0.25, -0.2) is 4.98 Å². The molecule has 0 fully saturated rings. The molecule has 1 amide bonds. The summed E-state index contributed by atoms with van der Waals surface area (Å²) in [5.41, 5.74) is 1.74. The zero-order valence-electron chi connectivity index (χ0n) is 17.5. The molecule has 0 atom stereocenters. The van der Waals surface area contributed by atoms with Gasteiger partial charge in [-0.1, -0.05) is 32.5 Å². The topological polar surface area (TPSA) is 73.2 Å². The van der Waals surface area contributed by atoms with Crippen molar-refractivity contribution in [3.63, 3.8) is 0 Å². The van der Waals surface area contributed by atoms with Gasteiger partial charge in [-0.05, 0) is 48.5 Å². The maximum absolute atomic E-state index is 12.6. The Morgan fingerprint density at radius 1 is 1.07 bits per heavy atom. The number of thioether (sulfide) groups is 1. The van der Waals surface area contributed by atoms with E-state index in [1.165, 1.54) is 11.8 Å². The lowest BCUT2D eigenvalue weighted by Crippen LogP contribution is -2.27. The summed E-state index contributed by atoms with van der Waals surface area (Å²) in [6, 6.07) is 14.6. The third kappa shape index (κ3) is 5.30. The van der Waals surface area contributed by atoms with E-state index in [4.69, 9.17) is 4.74 Å². The molecule has 0 aliphatic carbocycles. The van der Waals surface area contributed by atoms with Crippen molar-refractivity contribution in [3.8, 4) is 11.4 Å². The molecular formula is C23H25N3O3S. The molecule has 30 heavy (non-hydrogen) atoms. The molecule has 1 aromatic heterocycles. The minimum Gasteiger partial charge on any atom is -0.497 e. The largest absolute Gasteiger partial charge is 0.497 e. The third-order valence-corrected chi connectivity index (χ3v) is 5.40. The molecule has 3 aromatic rings. The minimum absolute atomic E-state index is 0.00187. The SMILES string of the molecule is COc1ccc(-n2ccnc2SCC(=O)c2ccc(NC(=O)C(C)(C)C)cc2)cc1. The summed E-state index contributed by atoms with van der Waals surface area (Å²) in [6.07, 6.45) is 3.57. The first-order valence-corrected chi connectivity index (χ1v) is 10.5. The number of nitrogens with one attached hydrogen (secondary N) is 1. The van der Waals surface area contributed by atoms with Crippen LogP contribution in [0.2, 0.25) is 0 Å². The Hall–Kier alpha value is -3.06. The fraction of sp³-hybridized carbons (Fsp3) is 0.261. The van der Waals surface area contributed by atoms with E-state index in [0.29, 0.717) is 11.3 Å². The number of hydrogen-bond donors (Lipinski definition) is 1. The summed E-state index contributed by atoms with van der Waals surface area (Å²) in [4.78, 5) is 29.0. The van der Waals surface area contributed by atoms with Crippen LogP contribution in [0, 0.1) is 5.41 Å². The second-order valence-electron chi connectivity index (χ2n) is 7.77. The number of amides is 1. The molecule has 0 spiro atoms. The monoisotopic (exact) mass is 423 g/mol. The second kappa shape index (κ2) is 9.17. The molecular weight excluding hydrogens is 398 g/mol. The first-order chi connectivity index (χ1) is 14.3. The maximum Gasteiger partial charge on any atom is 0.229 e. The van der Waals surface area contributed by atoms with E-state index in [2.05, 4.69) is 10.3 Å². The van der Waals surface area contributed by atoms with Crippen molar-refractivity contribution in [2.45, 2.75) is 25.9 Å². The first-order valence-electron chi connectivity index (χ1n) is 9.53. The van der Waals surface area contributed by atoms with E-state index in [1.807, 2.05) is 55.8 Å². The lowest BCUT2D eigenvalue weighted by molar-refractivity contribution is -0.123. The van der Waals surface area contributed by atoms with E-state index in [1.54, 1.807) is 37.6 Å². The molecule has 2 aromatic carbocycles. The summed E-state index contributed by atoms with van der Waals surface area (Å²) >= 11 is 1.38. The molecule has 7 heteroatoms. The summed E-state index contributed by atoms with van der Waals surface area (Å²) in [6.45, 7) is 5.56. The highest BCUT2D eigenvalue weighted by Crippen LogP contribution is 2.24. The van der Waals surface area contributed by atoms with Gasteiger partial charge < -0.3 is 10.1 Å². The second-order valence-corrected chi connectivity index (χ2v) is 8.71. The van der Waals surface area contributed by atoms with Gasteiger partial charge in [0.15, 0.2) is 10.9 Å². The number of rotatable bonds is 7. The van der Waals surface area contributed by atoms with Gasteiger partial charge in [0.25, 0.3) is 0 Å². The Morgan fingerprint density at radius 2 is 1.73 bits per heavy atom. The predicted octanol–water partition coefficient (Wildman–Crippen LogP) is 4.84. The number of aromatic nitrogens is 2. The van der Waals surface area contributed by atoms with Crippen LogP contribution < -0.4 is 10.1 Å². The highest BCUT2D eigenvalue weighted by molar-refractivity contribution is 7.99. The Bertz CT molecular complexity index is 1020. The van der Waals surface area contributed by atoms with Crippen LogP contribution in [0.15, 0.2) is 66.1 Å². The summed E-state index contributed by atoms with van der Waals surface area (Å²) in [5, 5.41) is 3.60. The zero-order chi connectivity index (χ0) is 21.7. The number of imidazole rings is 1. The van der Waals surface area contributed by atoms with Gasteiger partial charge in [0, 0.05) is 34.7 Å². The third-order valence-electron chi connectivity index (χ3n) is 4.44. The van der Waals surface area contributed by atoms with Crippen LogP contribution in [0.4, 0.5) is 5.69 Å². The van der Waals surface area contributed by atoms with Crippen molar-refractivity contribution in [1.29, 1.82) is 0 Å². The van der Waals surface area contributed by atoms with Gasteiger partial charge in [-0.15, -0.1) is 0 Å². The van der Waals surface area contributed by atoms with Gasteiger partial charge >= 0.3 is 0 Å². The zero-order valence-corrected chi connectivity index (χ0v) is 18.3. The standard InChI is InChI=1S/C23H25N3O3S/c1-23(2,3)21(28)25-17-7-5-16(6-8-17)20(27)15-30-22-24-13-14-26(22)18-9-11-19(29-4)12-10-18/h5-14H,15H2,1-4H3,(H,25,28). The number of nitrogens with zero attached hydrogens (tertiary/aromatic N) is 2. The Kier molecular flexibility index (Phi) is 6.62. The van der Waals surface area contributed by atoms with Crippen LogP contribution in [-0.4, -0.2) is 34.1 Å². The fourth-order valence-corrected chi connectivity index (χ4v) is 3.47. The average molecular weight is 424 g/mol. The van der Waals surface area contributed by atoms with Crippen LogP contribution in [0.25, 0.3) is 5.69 Å². The van der Waals surface area contributed by atoms with Crippen molar-refractivity contribution in [1.82, 2.24) is 9.55 Å². The Balaban J connectivity index is 1.62. The Labute approximate surface area is 180 Å². The number of ether oxygens (including phenoxy) is 1. The van der Waals surface area contributed by atoms with Gasteiger partial charge in [-0.3, -0.25) is 14.2 Å². The van der Waals surface area contributed by atoms with E-state index in [9.17, 15) is 9.59 Å². The molecule has 1 heterocycles. The van der Waals surface area contributed by atoms with Crippen molar-refractivity contribution in [2.24, 2.45) is 5.41 Å². The average Bonchev–Trinajstić information content (AvgIpc) is 3.20. The van der Waals surface area contributed by atoms with E-state index >= 15 is 0 Å². The van der Waals surface area contributed by atoms with Crippen molar-refractivity contribution < 1.29 is 14.3 Å². The van der Waals surface area contributed by atoms with Gasteiger partial charge in [0.2, 0.25) is 5.91 Å². The highest BCUT2D eigenvalue weighted by atomic mass is 32.2. The normalized spacial score (nSPS) is 11.2. The first kappa shape index (κ1) is 21.6. The lowest BCUT2D eigenvalue weighted by Gasteiger charge is -2.17. The van der Waals surface area contributed by atoms with Crippen LogP contribution >= 0.6 is 11.8 Å². The quantitative estimate of drug-likeness (QED) is 0.435. The molecule has 0 radical (unpaired) electrons. The van der Waals surface area contributed by atoms with E-state index in [-0.39, 0.29) is 17.4 Å². The lowest BCUT2D eigenvalue weighted by atomic mass is 9.95. The maximum atomic E-state index is 12.6. The van der Waals surface area contributed by atoms with Gasteiger partial charge in [0.05, 0.1) is 12.9 Å². The van der Waals surface area contributed by atoms with Crippen molar-refractivity contribution >= 4 is 29.1 Å². The van der Waals surface area contributed by atoms with E-state index in [0.717, 1.165) is 16.6 Å². The van der Waals surface area contributed by atoms with Crippen LogP contribution in [0.1, 0.15) is 31.1 Å². The number of benzene rings is 2. The number of hydrogen-bond acceptors (Lipinski definition) is 5. The molecule has 6 nitrogen and oxygen atoms in total. The number of Topliss-reactive ketones (excluding diaryl/α,β-unsaturated/α-hetero) is 1. The van der Waals surface area contributed by atoms with Crippen LogP contribution in [0.3, 0.4) is 0 Å². The molecule has 0 saturated carbocycles. The molecule has 0 aliphatic rings. The summed E-state index contributed by atoms with van der Waals surface area (Å²) in [5.74, 6) is 0.979.